The van der Waals surface area contributed by atoms with Crippen LogP contribution in [0, 0.1) is 5.82 Å². The van der Waals surface area contributed by atoms with Gasteiger partial charge in [-0.2, -0.15) is 0 Å². The second kappa shape index (κ2) is 9.80. The third-order valence-electron chi connectivity index (χ3n) is 4.65. The number of rotatable bonds is 8. The van der Waals surface area contributed by atoms with Gasteiger partial charge in [-0.05, 0) is 68.4 Å². The predicted octanol–water partition coefficient (Wildman–Crippen LogP) is 3.89. The molecule has 27 heavy (non-hydrogen) atoms. The van der Waals surface area contributed by atoms with E-state index in [0.29, 0.717) is 24.6 Å². The Morgan fingerprint density at radius 1 is 1.00 bits per heavy atom. The molecule has 1 amide bonds. The van der Waals surface area contributed by atoms with E-state index in [0.717, 1.165) is 31.2 Å². The first-order valence-corrected chi connectivity index (χ1v) is 9.49. The summed E-state index contributed by atoms with van der Waals surface area (Å²) in [7, 11) is 0. The maximum absolute atomic E-state index is 12.9. The SMILES string of the molecule is O=C(NCCC1=CCCCC1)c1ccc(NCCc2ccc(F)cc2)nn1. The largest absolute Gasteiger partial charge is 0.368 e. The van der Waals surface area contributed by atoms with Crippen LogP contribution in [0.4, 0.5) is 10.2 Å². The topological polar surface area (TPSA) is 66.9 Å². The van der Waals surface area contributed by atoms with Crippen LogP contribution in [0.3, 0.4) is 0 Å². The summed E-state index contributed by atoms with van der Waals surface area (Å²) >= 11 is 0. The van der Waals surface area contributed by atoms with Gasteiger partial charge >= 0.3 is 0 Å². The second-order valence-corrected chi connectivity index (χ2v) is 6.72. The number of nitrogens with one attached hydrogen (secondary N) is 2. The number of hydrogen-bond acceptors (Lipinski definition) is 4. The van der Waals surface area contributed by atoms with Gasteiger partial charge in [0.05, 0.1) is 0 Å². The standard InChI is InChI=1S/C21H25FN4O/c22-18-8-6-17(7-9-18)12-14-23-20-11-10-19(25-26-20)21(27)24-15-13-16-4-2-1-3-5-16/h4,6-11H,1-3,5,12-15H2,(H,23,26)(H,24,27). The van der Waals surface area contributed by atoms with Gasteiger partial charge in [-0.1, -0.05) is 23.8 Å². The lowest BCUT2D eigenvalue weighted by Gasteiger charge is -2.12. The number of carbonyl (C=O) groups excluding carboxylic acids is 1. The average Bonchev–Trinajstić information content (AvgIpc) is 2.71. The number of carbonyl (C=O) groups is 1. The molecule has 0 saturated carbocycles. The molecular formula is C21H25FN4O. The van der Waals surface area contributed by atoms with Crippen molar-refractivity contribution in [2.24, 2.45) is 0 Å². The molecule has 0 atom stereocenters. The lowest BCUT2D eigenvalue weighted by atomic mass is 9.97. The second-order valence-electron chi connectivity index (χ2n) is 6.72. The molecule has 1 aliphatic carbocycles. The van der Waals surface area contributed by atoms with Gasteiger partial charge in [0.2, 0.25) is 0 Å². The summed E-state index contributed by atoms with van der Waals surface area (Å²) in [5, 5.41) is 14.1. The van der Waals surface area contributed by atoms with Crippen molar-refractivity contribution in [2.45, 2.75) is 38.5 Å². The Hall–Kier alpha value is -2.76. The quantitative estimate of drug-likeness (QED) is 0.694. The van der Waals surface area contributed by atoms with Crippen LogP contribution in [0.5, 0.6) is 0 Å². The fourth-order valence-electron chi connectivity index (χ4n) is 3.09. The smallest absolute Gasteiger partial charge is 0.271 e. The van der Waals surface area contributed by atoms with Gasteiger partial charge in [-0.15, -0.1) is 10.2 Å². The molecule has 6 heteroatoms. The van der Waals surface area contributed by atoms with Crippen molar-refractivity contribution >= 4 is 11.7 Å². The van der Waals surface area contributed by atoms with Crippen molar-refractivity contribution in [1.82, 2.24) is 15.5 Å². The van der Waals surface area contributed by atoms with E-state index in [9.17, 15) is 9.18 Å². The van der Waals surface area contributed by atoms with Gasteiger partial charge in [0.15, 0.2) is 5.69 Å². The Morgan fingerprint density at radius 2 is 1.85 bits per heavy atom. The summed E-state index contributed by atoms with van der Waals surface area (Å²) < 4.78 is 12.9. The molecule has 142 valence electrons. The number of aromatic nitrogens is 2. The molecule has 0 saturated heterocycles. The van der Waals surface area contributed by atoms with Gasteiger partial charge < -0.3 is 10.6 Å². The highest BCUT2D eigenvalue weighted by atomic mass is 19.1. The molecular weight excluding hydrogens is 343 g/mol. The van der Waals surface area contributed by atoms with Gasteiger partial charge in [0.25, 0.3) is 5.91 Å². The van der Waals surface area contributed by atoms with Gasteiger partial charge in [0, 0.05) is 13.1 Å². The highest BCUT2D eigenvalue weighted by molar-refractivity contribution is 5.92. The molecule has 0 radical (unpaired) electrons. The van der Waals surface area contributed by atoms with Crippen molar-refractivity contribution in [2.75, 3.05) is 18.4 Å². The lowest BCUT2D eigenvalue weighted by molar-refractivity contribution is 0.0948. The monoisotopic (exact) mass is 368 g/mol. The molecule has 0 spiro atoms. The normalized spacial score (nSPS) is 13.7. The van der Waals surface area contributed by atoms with Gasteiger partial charge in [-0.25, -0.2) is 4.39 Å². The molecule has 3 rings (SSSR count). The summed E-state index contributed by atoms with van der Waals surface area (Å²) in [5.41, 5.74) is 2.80. The van der Waals surface area contributed by atoms with Crippen molar-refractivity contribution in [3.05, 3.63) is 65.1 Å². The molecule has 1 aliphatic rings. The summed E-state index contributed by atoms with van der Waals surface area (Å²) in [6, 6.07) is 9.85. The van der Waals surface area contributed by atoms with E-state index in [2.05, 4.69) is 26.9 Å². The van der Waals surface area contributed by atoms with Gasteiger partial charge in [-0.3, -0.25) is 4.79 Å². The van der Waals surface area contributed by atoms with Crippen LogP contribution >= 0.6 is 0 Å². The fourth-order valence-corrected chi connectivity index (χ4v) is 3.09. The number of benzene rings is 1. The van der Waals surface area contributed by atoms with Crippen LogP contribution in [-0.2, 0) is 6.42 Å². The van der Waals surface area contributed by atoms with Crippen molar-refractivity contribution in [1.29, 1.82) is 0 Å². The first kappa shape index (κ1) is 19.0. The average molecular weight is 368 g/mol. The molecule has 2 aromatic rings. The van der Waals surface area contributed by atoms with Crippen LogP contribution in [0.15, 0.2) is 48.0 Å². The molecule has 0 bridgehead atoms. The molecule has 5 nitrogen and oxygen atoms in total. The molecule has 1 heterocycles. The molecule has 0 aliphatic heterocycles. The minimum Gasteiger partial charge on any atom is -0.368 e. The summed E-state index contributed by atoms with van der Waals surface area (Å²) in [5.74, 6) is 0.180. The molecule has 0 fully saturated rings. The summed E-state index contributed by atoms with van der Waals surface area (Å²) in [6.45, 7) is 1.28. The number of allylic oxidation sites excluding steroid dienone is 1. The first-order chi connectivity index (χ1) is 13.2. The number of anilines is 1. The third kappa shape index (κ3) is 6.16. The Kier molecular flexibility index (Phi) is 6.90. The van der Waals surface area contributed by atoms with Gasteiger partial charge in [0.1, 0.15) is 11.6 Å². The van der Waals surface area contributed by atoms with E-state index in [1.165, 1.54) is 30.5 Å². The van der Waals surface area contributed by atoms with Crippen molar-refractivity contribution in [3.63, 3.8) is 0 Å². The molecule has 0 unspecified atom stereocenters. The van der Waals surface area contributed by atoms with E-state index < -0.39 is 0 Å². The Labute approximate surface area is 159 Å². The summed E-state index contributed by atoms with van der Waals surface area (Å²) in [4.78, 5) is 12.1. The van der Waals surface area contributed by atoms with Crippen molar-refractivity contribution in [3.8, 4) is 0 Å². The van der Waals surface area contributed by atoms with Crippen LogP contribution in [0.25, 0.3) is 0 Å². The molecule has 2 N–H and O–H groups in total. The zero-order chi connectivity index (χ0) is 18.9. The van der Waals surface area contributed by atoms with E-state index in [1.54, 1.807) is 24.3 Å². The Bertz CT molecular complexity index is 772. The summed E-state index contributed by atoms with van der Waals surface area (Å²) in [6.07, 6.45) is 8.78. The van der Waals surface area contributed by atoms with E-state index >= 15 is 0 Å². The fraction of sp³-hybridized carbons (Fsp3) is 0.381. The highest BCUT2D eigenvalue weighted by Gasteiger charge is 2.09. The van der Waals surface area contributed by atoms with Crippen LogP contribution in [0.1, 0.15) is 48.2 Å². The maximum Gasteiger partial charge on any atom is 0.271 e. The number of halogens is 1. The minimum atomic E-state index is -0.234. The van der Waals surface area contributed by atoms with Crippen LogP contribution in [0.2, 0.25) is 0 Å². The zero-order valence-corrected chi connectivity index (χ0v) is 15.4. The number of nitrogens with zero attached hydrogens (tertiary/aromatic N) is 2. The van der Waals surface area contributed by atoms with Crippen LogP contribution in [-0.4, -0.2) is 29.2 Å². The predicted molar refractivity (Wildman–Crippen MR) is 104 cm³/mol. The zero-order valence-electron chi connectivity index (χ0n) is 15.4. The van der Waals surface area contributed by atoms with E-state index in [4.69, 9.17) is 0 Å². The van der Waals surface area contributed by atoms with E-state index in [-0.39, 0.29) is 11.7 Å². The van der Waals surface area contributed by atoms with E-state index in [1.807, 2.05) is 0 Å². The Morgan fingerprint density at radius 3 is 2.56 bits per heavy atom. The molecule has 1 aromatic heterocycles. The van der Waals surface area contributed by atoms with Crippen molar-refractivity contribution < 1.29 is 9.18 Å². The number of hydrogen-bond donors (Lipinski definition) is 2. The number of amides is 1. The highest BCUT2D eigenvalue weighted by Crippen LogP contribution is 2.19. The molecule has 1 aromatic carbocycles. The minimum absolute atomic E-state index is 0.197. The lowest BCUT2D eigenvalue weighted by Crippen LogP contribution is -2.26. The first-order valence-electron chi connectivity index (χ1n) is 9.49. The maximum atomic E-state index is 12.9. The Balaban J connectivity index is 1.40. The van der Waals surface area contributed by atoms with Crippen LogP contribution < -0.4 is 10.6 Å². The third-order valence-corrected chi connectivity index (χ3v) is 4.65.